The summed E-state index contributed by atoms with van der Waals surface area (Å²) in [5.74, 6) is 0.496. The summed E-state index contributed by atoms with van der Waals surface area (Å²) in [6.45, 7) is 2.28. The number of amides is 1. The maximum atomic E-state index is 11.9. The molecule has 1 heterocycles. The number of nitrogens with one attached hydrogen (secondary N) is 1. The molecule has 0 aliphatic heterocycles. The number of rotatable bonds is 3. The van der Waals surface area contributed by atoms with Crippen molar-refractivity contribution in [3.05, 3.63) is 51.8 Å². The van der Waals surface area contributed by atoms with Crippen molar-refractivity contribution < 1.29 is 9.32 Å². The van der Waals surface area contributed by atoms with E-state index < -0.39 is 0 Å². The van der Waals surface area contributed by atoms with Crippen LogP contribution in [0.15, 0.2) is 39.5 Å². The highest BCUT2D eigenvalue weighted by Crippen LogP contribution is 2.15. The molecule has 0 bridgehead atoms. The van der Waals surface area contributed by atoms with Gasteiger partial charge in [0.1, 0.15) is 0 Å². The van der Waals surface area contributed by atoms with Crippen molar-refractivity contribution in [2.24, 2.45) is 0 Å². The van der Waals surface area contributed by atoms with Gasteiger partial charge in [0.25, 0.3) is 5.91 Å². The predicted molar refractivity (Wildman–Crippen MR) is 66.6 cm³/mol. The quantitative estimate of drug-likeness (QED) is 0.947. The van der Waals surface area contributed by atoms with Gasteiger partial charge in [-0.2, -0.15) is 0 Å². The van der Waals surface area contributed by atoms with Gasteiger partial charge in [-0.3, -0.25) is 4.79 Å². The van der Waals surface area contributed by atoms with Gasteiger partial charge in [0.15, 0.2) is 5.76 Å². The van der Waals surface area contributed by atoms with Crippen LogP contribution in [0.1, 0.15) is 21.7 Å². The Morgan fingerprint density at radius 3 is 2.94 bits per heavy atom. The smallest absolute Gasteiger partial charge is 0.251 e. The first-order valence-electron chi connectivity index (χ1n) is 5.10. The van der Waals surface area contributed by atoms with Gasteiger partial charge in [-0.25, -0.2) is 0 Å². The van der Waals surface area contributed by atoms with Crippen LogP contribution < -0.4 is 5.32 Å². The van der Waals surface area contributed by atoms with Crippen LogP contribution in [0.4, 0.5) is 0 Å². The van der Waals surface area contributed by atoms with Crippen molar-refractivity contribution in [2.45, 2.75) is 13.5 Å². The largest absolute Gasteiger partial charge is 0.360 e. The van der Waals surface area contributed by atoms with Crippen molar-refractivity contribution in [2.75, 3.05) is 0 Å². The summed E-state index contributed by atoms with van der Waals surface area (Å²) < 4.78 is 5.78. The van der Waals surface area contributed by atoms with Crippen molar-refractivity contribution >= 4 is 21.8 Å². The summed E-state index contributed by atoms with van der Waals surface area (Å²) >= 11 is 3.36. The zero-order valence-corrected chi connectivity index (χ0v) is 10.8. The van der Waals surface area contributed by atoms with Gasteiger partial charge in [0.05, 0.1) is 12.7 Å². The molecular weight excluding hydrogens is 284 g/mol. The third-order valence-electron chi connectivity index (χ3n) is 2.22. The standard InChI is InChI=1S/C12H11BrN2O2/c1-8-4-9(6-10(13)5-8)12(16)14-7-11-2-3-15-17-11/h2-6H,7H2,1H3,(H,14,16). The topological polar surface area (TPSA) is 55.1 Å². The number of benzene rings is 1. The number of carbonyl (C=O) groups excluding carboxylic acids is 1. The lowest BCUT2D eigenvalue weighted by Crippen LogP contribution is -2.22. The Morgan fingerprint density at radius 2 is 2.29 bits per heavy atom. The van der Waals surface area contributed by atoms with E-state index in [-0.39, 0.29) is 5.91 Å². The van der Waals surface area contributed by atoms with Crippen LogP contribution in [-0.4, -0.2) is 11.1 Å². The number of aryl methyl sites for hydroxylation is 1. The summed E-state index contributed by atoms with van der Waals surface area (Å²) in [6, 6.07) is 7.28. The lowest BCUT2D eigenvalue weighted by atomic mass is 10.1. The lowest BCUT2D eigenvalue weighted by molar-refractivity contribution is 0.0947. The summed E-state index contributed by atoms with van der Waals surface area (Å²) in [7, 11) is 0. The van der Waals surface area contributed by atoms with E-state index in [1.807, 2.05) is 19.1 Å². The van der Waals surface area contributed by atoms with E-state index in [4.69, 9.17) is 4.52 Å². The van der Waals surface area contributed by atoms with Gasteiger partial charge < -0.3 is 9.84 Å². The second-order valence-corrected chi connectivity index (χ2v) is 4.59. The summed E-state index contributed by atoms with van der Waals surface area (Å²) in [5.41, 5.74) is 1.65. The van der Waals surface area contributed by atoms with E-state index in [1.165, 1.54) is 0 Å². The number of hydrogen-bond donors (Lipinski definition) is 1. The molecule has 1 aromatic carbocycles. The van der Waals surface area contributed by atoms with E-state index in [2.05, 4.69) is 26.4 Å². The van der Waals surface area contributed by atoms with Gasteiger partial charge in [-0.1, -0.05) is 21.1 Å². The summed E-state index contributed by atoms with van der Waals surface area (Å²) in [6.07, 6.45) is 1.55. The minimum Gasteiger partial charge on any atom is -0.360 e. The molecule has 0 spiro atoms. The second-order valence-electron chi connectivity index (χ2n) is 3.68. The van der Waals surface area contributed by atoms with Crippen LogP contribution in [-0.2, 0) is 6.54 Å². The Kier molecular flexibility index (Phi) is 3.58. The molecule has 0 radical (unpaired) electrons. The van der Waals surface area contributed by atoms with Gasteiger partial charge in [-0.15, -0.1) is 0 Å². The Balaban J connectivity index is 2.04. The third kappa shape index (κ3) is 3.17. The minimum atomic E-state index is -0.134. The van der Waals surface area contributed by atoms with Crippen LogP contribution in [0, 0.1) is 6.92 Å². The van der Waals surface area contributed by atoms with E-state index in [0.29, 0.717) is 17.9 Å². The van der Waals surface area contributed by atoms with E-state index in [0.717, 1.165) is 10.0 Å². The molecule has 5 heteroatoms. The zero-order chi connectivity index (χ0) is 12.3. The molecule has 0 aliphatic carbocycles. The highest BCUT2D eigenvalue weighted by atomic mass is 79.9. The molecule has 1 N–H and O–H groups in total. The fourth-order valence-electron chi connectivity index (χ4n) is 1.47. The van der Waals surface area contributed by atoms with Crippen LogP contribution in [0.5, 0.6) is 0 Å². The molecule has 2 aromatic rings. The molecule has 0 fully saturated rings. The molecule has 17 heavy (non-hydrogen) atoms. The normalized spacial score (nSPS) is 10.2. The maximum absolute atomic E-state index is 11.9. The Labute approximate surface area is 107 Å². The second kappa shape index (κ2) is 5.14. The number of nitrogens with zero attached hydrogens (tertiary/aromatic N) is 1. The van der Waals surface area contributed by atoms with E-state index in [1.54, 1.807) is 18.3 Å². The first kappa shape index (κ1) is 11.9. The number of hydrogen-bond acceptors (Lipinski definition) is 3. The van der Waals surface area contributed by atoms with Crippen molar-refractivity contribution in [3.8, 4) is 0 Å². The summed E-state index contributed by atoms with van der Waals surface area (Å²) in [5, 5.41) is 6.33. The van der Waals surface area contributed by atoms with E-state index >= 15 is 0 Å². The average molecular weight is 295 g/mol. The first-order valence-corrected chi connectivity index (χ1v) is 5.89. The van der Waals surface area contributed by atoms with Crippen molar-refractivity contribution in [1.82, 2.24) is 10.5 Å². The van der Waals surface area contributed by atoms with Crippen LogP contribution in [0.2, 0.25) is 0 Å². The third-order valence-corrected chi connectivity index (χ3v) is 2.68. The number of aromatic nitrogens is 1. The van der Waals surface area contributed by atoms with Crippen LogP contribution in [0.25, 0.3) is 0 Å². The van der Waals surface area contributed by atoms with Crippen LogP contribution >= 0.6 is 15.9 Å². The van der Waals surface area contributed by atoms with E-state index in [9.17, 15) is 4.79 Å². The molecule has 88 valence electrons. The molecule has 1 amide bonds. The molecule has 4 nitrogen and oxygen atoms in total. The monoisotopic (exact) mass is 294 g/mol. The molecule has 2 rings (SSSR count). The predicted octanol–water partition coefficient (Wildman–Crippen LogP) is 2.68. The molecule has 0 atom stereocenters. The Morgan fingerprint density at radius 1 is 1.47 bits per heavy atom. The maximum Gasteiger partial charge on any atom is 0.251 e. The van der Waals surface area contributed by atoms with Crippen LogP contribution in [0.3, 0.4) is 0 Å². The Bertz CT molecular complexity index is 503. The first-order chi connectivity index (χ1) is 8.15. The van der Waals surface area contributed by atoms with Crippen molar-refractivity contribution in [1.29, 1.82) is 0 Å². The minimum absolute atomic E-state index is 0.134. The Hall–Kier alpha value is -1.62. The lowest BCUT2D eigenvalue weighted by Gasteiger charge is -2.04. The molecule has 0 saturated heterocycles. The zero-order valence-electron chi connectivity index (χ0n) is 9.24. The van der Waals surface area contributed by atoms with Gasteiger partial charge in [-0.05, 0) is 30.7 Å². The van der Waals surface area contributed by atoms with Gasteiger partial charge in [0.2, 0.25) is 0 Å². The van der Waals surface area contributed by atoms with Gasteiger partial charge >= 0.3 is 0 Å². The summed E-state index contributed by atoms with van der Waals surface area (Å²) in [4.78, 5) is 11.9. The molecular formula is C12H11BrN2O2. The fraction of sp³-hybridized carbons (Fsp3) is 0.167. The van der Waals surface area contributed by atoms with Gasteiger partial charge in [0, 0.05) is 16.1 Å². The molecule has 1 aromatic heterocycles. The SMILES string of the molecule is Cc1cc(Br)cc(C(=O)NCc2ccno2)c1. The highest BCUT2D eigenvalue weighted by Gasteiger charge is 2.07. The molecule has 0 unspecified atom stereocenters. The number of carbonyl (C=O) groups is 1. The molecule has 0 saturated carbocycles. The average Bonchev–Trinajstić information content (AvgIpc) is 2.77. The fourth-order valence-corrected chi connectivity index (χ4v) is 2.08. The highest BCUT2D eigenvalue weighted by molar-refractivity contribution is 9.10. The molecule has 0 aliphatic rings. The van der Waals surface area contributed by atoms with Crippen molar-refractivity contribution in [3.63, 3.8) is 0 Å². The number of halogens is 1.